The first kappa shape index (κ1) is 49.0. The molecular formula is C33H51N9O15. The molecule has 1 rings (SSSR count). The van der Waals surface area contributed by atoms with Crippen LogP contribution in [0, 0.1) is 0 Å². The van der Waals surface area contributed by atoms with Crippen LogP contribution in [0.15, 0.2) is 12.2 Å². The molecule has 24 nitrogen and oxygen atoms in total. The van der Waals surface area contributed by atoms with Gasteiger partial charge in [0.25, 0.3) is 11.8 Å². The molecule has 6 atom stereocenters. The number of hydrogen-bond donors (Lipinski definition) is 12. The number of amides is 7. The van der Waals surface area contributed by atoms with E-state index in [4.69, 9.17) is 10.8 Å². The Morgan fingerprint density at radius 2 is 1.07 bits per heavy atom. The first-order valence-electron chi connectivity index (χ1n) is 17.6. The molecule has 0 fully saturated rings. The molecule has 0 saturated carbocycles. The Morgan fingerprint density at radius 3 is 1.51 bits per heavy atom. The van der Waals surface area contributed by atoms with Crippen LogP contribution in [0.1, 0.15) is 66.2 Å². The standard InChI is InChI=1S/C33H51N9O15/c1-5-35-16(6-11-23(45)46)27(51)39-26(32(56)57)40-28(52)17(7-12-24(47)48)37-30(54)19(38-29(53)18(8-13-25(49)50)41-33(2,3)4)15-36-31(55)20(14-34)42-21(43)9-10-22(42)44/h9-10,16-20,26,35,41H,5-8,11-15,34H2,1-4H3,(H,36,55)(H,37,54)(H,38,53)(H,39,51)(H,40,52)(H,45,46)(H,47,48)(H,49,50)(H,56,57)/t16-,17-,18-,19-,20-,26-/m0/s1. The Balaban J connectivity index is 3.46. The summed E-state index contributed by atoms with van der Waals surface area (Å²) in [6, 6.07) is -7.71. The molecule has 0 spiro atoms. The maximum absolute atomic E-state index is 13.8. The second-order valence-electron chi connectivity index (χ2n) is 13.6. The molecule has 57 heavy (non-hydrogen) atoms. The van der Waals surface area contributed by atoms with Crippen molar-refractivity contribution in [3.63, 3.8) is 0 Å². The van der Waals surface area contributed by atoms with Crippen molar-refractivity contribution in [1.82, 2.24) is 42.1 Å². The third kappa shape index (κ3) is 17.6. The van der Waals surface area contributed by atoms with Gasteiger partial charge in [-0.3, -0.25) is 52.8 Å². The average Bonchev–Trinajstić information content (AvgIpc) is 3.43. The zero-order valence-electron chi connectivity index (χ0n) is 31.8. The lowest BCUT2D eigenvalue weighted by molar-refractivity contribution is -0.146. The van der Waals surface area contributed by atoms with Gasteiger partial charge in [-0.15, -0.1) is 0 Å². The molecule has 1 aliphatic rings. The molecule has 0 aliphatic carbocycles. The number of carboxylic acids is 4. The maximum Gasteiger partial charge on any atom is 0.347 e. The van der Waals surface area contributed by atoms with Crippen LogP contribution in [0.3, 0.4) is 0 Å². The lowest BCUT2D eigenvalue weighted by Crippen LogP contribution is -2.63. The van der Waals surface area contributed by atoms with E-state index in [-0.39, 0.29) is 19.4 Å². The highest BCUT2D eigenvalue weighted by molar-refractivity contribution is 6.15. The molecule has 24 heteroatoms. The van der Waals surface area contributed by atoms with Gasteiger partial charge in [0.15, 0.2) is 0 Å². The Kier molecular flexibility index (Phi) is 19.9. The molecule has 7 amide bonds. The van der Waals surface area contributed by atoms with E-state index in [9.17, 15) is 68.1 Å². The molecule has 0 radical (unpaired) electrons. The summed E-state index contributed by atoms with van der Waals surface area (Å²) < 4.78 is 0. The van der Waals surface area contributed by atoms with E-state index in [1.165, 1.54) is 0 Å². The van der Waals surface area contributed by atoms with Crippen molar-refractivity contribution in [2.45, 2.75) is 108 Å². The third-order valence-corrected chi connectivity index (χ3v) is 7.88. The van der Waals surface area contributed by atoms with Gasteiger partial charge in [-0.1, -0.05) is 6.92 Å². The molecule has 0 unspecified atom stereocenters. The molecule has 0 saturated heterocycles. The predicted molar refractivity (Wildman–Crippen MR) is 193 cm³/mol. The third-order valence-electron chi connectivity index (χ3n) is 7.88. The highest BCUT2D eigenvalue weighted by Crippen LogP contribution is 2.10. The summed E-state index contributed by atoms with van der Waals surface area (Å²) in [5, 5.41) is 53.7. The van der Waals surface area contributed by atoms with Crippen molar-refractivity contribution in [3.05, 3.63) is 12.2 Å². The molecule has 13 N–H and O–H groups in total. The fourth-order valence-corrected chi connectivity index (χ4v) is 5.20. The van der Waals surface area contributed by atoms with Crippen LogP contribution in [-0.2, 0) is 52.7 Å². The minimum atomic E-state index is -2.17. The Hall–Kier alpha value is -6.01. The van der Waals surface area contributed by atoms with Crippen LogP contribution in [0.2, 0.25) is 0 Å². The fourth-order valence-electron chi connectivity index (χ4n) is 5.20. The van der Waals surface area contributed by atoms with E-state index in [1.54, 1.807) is 27.7 Å². The van der Waals surface area contributed by atoms with Crippen LogP contribution < -0.4 is 43.0 Å². The number of nitrogens with two attached hydrogens (primary N) is 1. The molecule has 0 aromatic carbocycles. The SMILES string of the molecule is CCN[C@@H](CCC(=O)O)C(=O)N[C@@H](NC(=O)[C@H](CCC(=O)O)NC(=O)[C@H](CNC(=O)[C@H](CN)N1C(=O)C=CC1=O)NC(=O)[C@H](CCC(=O)O)NC(C)(C)C)C(=O)O. The highest BCUT2D eigenvalue weighted by Gasteiger charge is 2.37. The van der Waals surface area contributed by atoms with E-state index in [0.29, 0.717) is 4.90 Å². The number of carbonyl (C=O) groups excluding carboxylic acids is 7. The van der Waals surface area contributed by atoms with Gasteiger partial charge < -0.3 is 63.4 Å². The van der Waals surface area contributed by atoms with Gasteiger partial charge in [-0.25, -0.2) is 4.79 Å². The number of hydrogen-bond acceptors (Lipinski definition) is 14. The largest absolute Gasteiger partial charge is 0.481 e. The normalized spacial score (nSPS) is 15.6. The van der Waals surface area contributed by atoms with Gasteiger partial charge in [-0.05, 0) is 46.6 Å². The maximum atomic E-state index is 13.8. The topological polar surface area (TPSA) is 382 Å². The Bertz CT molecular complexity index is 1560. The zero-order valence-corrected chi connectivity index (χ0v) is 31.8. The Morgan fingerprint density at radius 1 is 0.649 bits per heavy atom. The van der Waals surface area contributed by atoms with Crippen LogP contribution in [0.5, 0.6) is 0 Å². The van der Waals surface area contributed by atoms with Gasteiger partial charge in [0.2, 0.25) is 35.7 Å². The van der Waals surface area contributed by atoms with Crippen LogP contribution in [0.25, 0.3) is 0 Å². The lowest BCUT2D eigenvalue weighted by Gasteiger charge is -2.30. The second-order valence-corrected chi connectivity index (χ2v) is 13.6. The van der Waals surface area contributed by atoms with Crippen LogP contribution >= 0.6 is 0 Å². The van der Waals surface area contributed by atoms with Crippen molar-refractivity contribution in [2.75, 3.05) is 19.6 Å². The van der Waals surface area contributed by atoms with Crippen molar-refractivity contribution in [1.29, 1.82) is 0 Å². The number of rotatable bonds is 26. The quantitative estimate of drug-likeness (QED) is 0.0288. The fraction of sp³-hybridized carbons (Fsp3) is 0.606. The van der Waals surface area contributed by atoms with Crippen LogP contribution in [0.4, 0.5) is 0 Å². The summed E-state index contributed by atoms with van der Waals surface area (Å²) in [5.41, 5.74) is 4.88. The first-order chi connectivity index (χ1) is 26.5. The van der Waals surface area contributed by atoms with E-state index < -0.39 is 146 Å². The van der Waals surface area contributed by atoms with Crippen molar-refractivity contribution in [3.8, 4) is 0 Å². The summed E-state index contributed by atoms with van der Waals surface area (Å²) in [6.07, 6.45) is -3.32. The summed E-state index contributed by atoms with van der Waals surface area (Å²) in [4.78, 5) is 138. The van der Waals surface area contributed by atoms with E-state index in [2.05, 4.69) is 26.6 Å². The van der Waals surface area contributed by atoms with E-state index >= 15 is 0 Å². The van der Waals surface area contributed by atoms with Crippen molar-refractivity contribution in [2.24, 2.45) is 5.73 Å². The number of nitrogens with one attached hydrogen (secondary N) is 7. The second kappa shape index (κ2) is 23.2. The molecule has 1 heterocycles. The average molecular weight is 814 g/mol. The molecular weight excluding hydrogens is 762 g/mol. The number of carboxylic acid groups (broad SMARTS) is 4. The molecule has 1 aliphatic heterocycles. The summed E-state index contributed by atoms with van der Waals surface area (Å²) >= 11 is 0. The van der Waals surface area contributed by atoms with Gasteiger partial charge in [0, 0.05) is 50.0 Å². The van der Waals surface area contributed by atoms with Gasteiger partial charge in [0.1, 0.15) is 18.1 Å². The van der Waals surface area contributed by atoms with Crippen LogP contribution in [-0.4, -0.2) is 152 Å². The molecule has 0 bridgehead atoms. The molecule has 318 valence electrons. The molecule has 0 aromatic rings. The molecule has 0 aromatic heterocycles. The summed E-state index contributed by atoms with van der Waals surface area (Å²) in [7, 11) is 0. The lowest BCUT2D eigenvalue weighted by atomic mass is 10.0. The van der Waals surface area contributed by atoms with Gasteiger partial charge in [0.05, 0.1) is 12.1 Å². The van der Waals surface area contributed by atoms with Gasteiger partial charge >= 0.3 is 23.9 Å². The number of likely N-dealkylation sites (N-methyl/N-ethyl adjacent to an activating group) is 1. The predicted octanol–water partition coefficient (Wildman–Crippen LogP) is -4.70. The number of carbonyl (C=O) groups is 11. The van der Waals surface area contributed by atoms with E-state index in [1.807, 2.05) is 10.6 Å². The highest BCUT2D eigenvalue weighted by atomic mass is 16.4. The minimum absolute atomic E-state index is 0.175. The number of imide groups is 1. The smallest absolute Gasteiger partial charge is 0.347 e. The van der Waals surface area contributed by atoms with Crippen molar-refractivity contribution >= 4 is 65.2 Å². The number of aliphatic carboxylic acids is 4. The van der Waals surface area contributed by atoms with E-state index in [0.717, 1.165) is 12.2 Å². The van der Waals surface area contributed by atoms with Gasteiger partial charge in [-0.2, -0.15) is 0 Å². The monoisotopic (exact) mass is 813 g/mol. The Labute approximate surface area is 326 Å². The summed E-state index contributed by atoms with van der Waals surface area (Å²) in [5.74, 6) is -13.1. The number of nitrogens with zero attached hydrogens (tertiary/aromatic N) is 1. The summed E-state index contributed by atoms with van der Waals surface area (Å²) in [6.45, 7) is 5.39. The van der Waals surface area contributed by atoms with Crippen molar-refractivity contribution < 1.29 is 73.2 Å². The minimum Gasteiger partial charge on any atom is -0.481 e. The first-order valence-corrected chi connectivity index (χ1v) is 17.6. The zero-order chi connectivity index (χ0) is 43.6.